The third-order valence-electron chi connectivity index (χ3n) is 1.43. The van der Waals surface area contributed by atoms with Gasteiger partial charge in [-0.25, -0.2) is 4.79 Å². The van der Waals surface area contributed by atoms with E-state index in [1.165, 1.54) is 10.8 Å². The first-order chi connectivity index (χ1) is 6.54. The van der Waals surface area contributed by atoms with Gasteiger partial charge in [0.05, 0.1) is 11.1 Å². The van der Waals surface area contributed by atoms with Gasteiger partial charge >= 0.3 is 11.0 Å². The molecular formula is C6H8N4O3S. The lowest BCUT2D eigenvalue weighted by Crippen LogP contribution is -2.17. The molecule has 2 N–H and O–H groups in total. The van der Waals surface area contributed by atoms with Gasteiger partial charge in [0.2, 0.25) is 4.80 Å². The van der Waals surface area contributed by atoms with Crippen LogP contribution in [0.4, 0.5) is 9.80 Å². The summed E-state index contributed by atoms with van der Waals surface area (Å²) in [6, 6.07) is -0.857. The van der Waals surface area contributed by atoms with E-state index in [4.69, 9.17) is 5.73 Å². The molecule has 1 heterocycles. The number of primary amides is 1. The monoisotopic (exact) mass is 216 g/mol. The van der Waals surface area contributed by atoms with Crippen molar-refractivity contribution in [2.75, 3.05) is 0 Å². The zero-order valence-corrected chi connectivity index (χ0v) is 8.15. The molecule has 0 saturated heterocycles. The van der Waals surface area contributed by atoms with Gasteiger partial charge in [-0.15, -0.1) is 0 Å². The summed E-state index contributed by atoms with van der Waals surface area (Å²) in [6.07, 6.45) is 1.33. The average Bonchev–Trinajstić information content (AvgIpc) is 2.46. The maximum Gasteiger partial charge on any atom is 0.343 e. The summed E-state index contributed by atoms with van der Waals surface area (Å²) in [6.45, 7) is 2.28. The number of carbonyl (C=O) groups excluding carboxylic acids is 1. The highest BCUT2D eigenvalue weighted by molar-refractivity contribution is 7.12. The van der Waals surface area contributed by atoms with Gasteiger partial charge in [0, 0.05) is 6.54 Å². The predicted molar refractivity (Wildman–Crippen MR) is 49.8 cm³/mol. The van der Waals surface area contributed by atoms with E-state index in [0.29, 0.717) is 6.54 Å². The number of nitrogens with zero attached hydrogens (tertiary/aromatic N) is 3. The summed E-state index contributed by atoms with van der Waals surface area (Å²) in [5.41, 5.74) is 4.85. The molecule has 0 atom stereocenters. The zero-order chi connectivity index (χ0) is 10.7. The molecule has 0 aliphatic heterocycles. The fourth-order valence-electron chi connectivity index (χ4n) is 0.859. The maximum absolute atomic E-state index is 10.5. The average molecular weight is 216 g/mol. The molecule has 2 amide bonds. The van der Waals surface area contributed by atoms with Gasteiger partial charge in [-0.2, -0.15) is 4.99 Å². The molecule has 0 spiro atoms. The Kier molecular flexibility index (Phi) is 2.97. The SMILES string of the molecule is CCn1cc([N+](=O)[O-])sc1=NC(N)=O. The number of hydrogen-bond acceptors (Lipinski definition) is 4. The van der Waals surface area contributed by atoms with Crippen LogP contribution >= 0.6 is 11.3 Å². The van der Waals surface area contributed by atoms with Gasteiger partial charge in [0.1, 0.15) is 0 Å². The Labute approximate surface area is 82.6 Å². The molecule has 76 valence electrons. The van der Waals surface area contributed by atoms with E-state index < -0.39 is 11.0 Å². The van der Waals surface area contributed by atoms with Crippen LogP contribution in [-0.2, 0) is 6.54 Å². The highest BCUT2D eigenvalue weighted by Crippen LogP contribution is 2.13. The zero-order valence-electron chi connectivity index (χ0n) is 7.34. The van der Waals surface area contributed by atoms with Crippen molar-refractivity contribution < 1.29 is 9.72 Å². The number of carbonyl (C=O) groups is 1. The molecule has 7 nitrogen and oxygen atoms in total. The minimum atomic E-state index is -0.857. The molecule has 0 saturated carbocycles. The van der Waals surface area contributed by atoms with E-state index in [1.807, 2.05) is 0 Å². The fourth-order valence-corrected chi connectivity index (χ4v) is 1.74. The molecule has 1 aromatic rings. The number of nitro groups is 1. The summed E-state index contributed by atoms with van der Waals surface area (Å²) in [7, 11) is 0. The van der Waals surface area contributed by atoms with Crippen LogP contribution in [-0.4, -0.2) is 15.5 Å². The van der Waals surface area contributed by atoms with Gasteiger partial charge < -0.3 is 10.3 Å². The number of nitrogens with two attached hydrogens (primary N) is 1. The van der Waals surface area contributed by atoms with Crippen molar-refractivity contribution in [3.05, 3.63) is 21.1 Å². The van der Waals surface area contributed by atoms with Crippen LogP contribution in [0.3, 0.4) is 0 Å². The molecule has 14 heavy (non-hydrogen) atoms. The number of thiazole rings is 1. The van der Waals surface area contributed by atoms with Gasteiger partial charge in [-0.05, 0) is 18.3 Å². The Morgan fingerprint density at radius 2 is 2.50 bits per heavy atom. The Morgan fingerprint density at radius 1 is 1.86 bits per heavy atom. The summed E-state index contributed by atoms with van der Waals surface area (Å²) < 4.78 is 1.49. The predicted octanol–water partition coefficient (Wildman–Crippen LogP) is 0.457. The van der Waals surface area contributed by atoms with Gasteiger partial charge in [-0.1, -0.05) is 0 Å². The summed E-state index contributed by atoms with van der Waals surface area (Å²) >= 11 is 0.817. The Morgan fingerprint density at radius 3 is 2.93 bits per heavy atom. The lowest BCUT2D eigenvalue weighted by Gasteiger charge is -1.91. The van der Waals surface area contributed by atoms with Crippen molar-refractivity contribution in [2.24, 2.45) is 10.7 Å². The molecule has 0 aromatic carbocycles. The third kappa shape index (κ3) is 2.16. The second kappa shape index (κ2) is 4.01. The van der Waals surface area contributed by atoms with Crippen LogP contribution in [0, 0.1) is 10.1 Å². The second-order valence-corrected chi connectivity index (χ2v) is 3.33. The molecular weight excluding hydrogens is 208 g/mol. The van der Waals surface area contributed by atoms with Crippen molar-refractivity contribution in [3.8, 4) is 0 Å². The van der Waals surface area contributed by atoms with Crippen molar-refractivity contribution in [3.63, 3.8) is 0 Å². The van der Waals surface area contributed by atoms with Crippen LogP contribution in [0.5, 0.6) is 0 Å². The first-order valence-electron chi connectivity index (χ1n) is 3.73. The van der Waals surface area contributed by atoms with E-state index in [0.717, 1.165) is 11.3 Å². The lowest BCUT2D eigenvalue weighted by atomic mass is 10.7. The highest BCUT2D eigenvalue weighted by atomic mass is 32.1. The highest BCUT2D eigenvalue weighted by Gasteiger charge is 2.11. The van der Waals surface area contributed by atoms with E-state index in [9.17, 15) is 14.9 Å². The van der Waals surface area contributed by atoms with Gasteiger partial charge in [0.15, 0.2) is 0 Å². The first kappa shape index (κ1) is 10.4. The van der Waals surface area contributed by atoms with Crippen molar-refractivity contribution in [1.29, 1.82) is 0 Å². The first-order valence-corrected chi connectivity index (χ1v) is 4.55. The van der Waals surface area contributed by atoms with E-state index in [1.54, 1.807) is 6.92 Å². The smallest absolute Gasteiger partial charge is 0.343 e. The number of aromatic nitrogens is 1. The standard InChI is InChI=1S/C6H8N4O3S/c1-2-9-3-4(10(12)13)14-6(9)8-5(7)11/h3H,2H2,1H3,(H2,7,11). The van der Waals surface area contributed by atoms with Crippen LogP contribution in [0.1, 0.15) is 6.92 Å². The number of hydrogen-bond donors (Lipinski definition) is 1. The molecule has 0 bridgehead atoms. The molecule has 8 heteroatoms. The topological polar surface area (TPSA) is 104 Å². The Hall–Kier alpha value is -1.70. The lowest BCUT2D eigenvalue weighted by molar-refractivity contribution is -0.380. The summed E-state index contributed by atoms with van der Waals surface area (Å²) in [5, 5.41) is 10.3. The Bertz CT molecular complexity index is 433. The molecule has 1 rings (SSSR count). The van der Waals surface area contributed by atoms with E-state index in [-0.39, 0.29) is 9.80 Å². The second-order valence-electron chi connectivity index (χ2n) is 2.35. The van der Waals surface area contributed by atoms with Crippen molar-refractivity contribution in [1.82, 2.24) is 4.57 Å². The van der Waals surface area contributed by atoms with E-state index >= 15 is 0 Å². The number of urea groups is 1. The van der Waals surface area contributed by atoms with E-state index in [2.05, 4.69) is 4.99 Å². The summed E-state index contributed by atoms with van der Waals surface area (Å²) in [4.78, 5) is 24.1. The van der Waals surface area contributed by atoms with Crippen LogP contribution in [0.15, 0.2) is 11.2 Å². The quantitative estimate of drug-likeness (QED) is 0.573. The van der Waals surface area contributed by atoms with Gasteiger partial charge in [0.25, 0.3) is 0 Å². The van der Waals surface area contributed by atoms with Gasteiger partial charge in [-0.3, -0.25) is 10.1 Å². The molecule has 0 fully saturated rings. The molecule has 0 aliphatic rings. The van der Waals surface area contributed by atoms with Crippen LogP contribution in [0.2, 0.25) is 0 Å². The maximum atomic E-state index is 10.5. The van der Waals surface area contributed by atoms with Crippen LogP contribution in [0.25, 0.3) is 0 Å². The van der Waals surface area contributed by atoms with Crippen LogP contribution < -0.4 is 10.5 Å². The normalized spacial score (nSPS) is 11.6. The van der Waals surface area contributed by atoms with Crippen molar-refractivity contribution >= 4 is 22.4 Å². The minimum absolute atomic E-state index is 0.0631. The fraction of sp³-hybridized carbons (Fsp3) is 0.333. The van der Waals surface area contributed by atoms with Crippen molar-refractivity contribution in [2.45, 2.75) is 13.5 Å². The molecule has 0 aliphatic carbocycles. The number of rotatable bonds is 2. The number of amides is 2. The minimum Gasteiger partial charge on any atom is -0.350 e. The number of aryl methyl sites for hydroxylation is 1. The summed E-state index contributed by atoms with van der Waals surface area (Å²) in [5.74, 6) is 0. The third-order valence-corrected chi connectivity index (χ3v) is 2.41. The molecule has 1 aromatic heterocycles. The molecule has 0 radical (unpaired) electrons. The Balaban J connectivity index is 3.29. The largest absolute Gasteiger partial charge is 0.350 e. The molecule has 0 unspecified atom stereocenters.